The van der Waals surface area contributed by atoms with E-state index < -0.39 is 17.8 Å². The molecule has 0 aromatic heterocycles. The molecule has 2 N–H and O–H groups in total. The summed E-state index contributed by atoms with van der Waals surface area (Å²) in [6.45, 7) is 1.14. The van der Waals surface area contributed by atoms with Gasteiger partial charge in [-0.25, -0.2) is 4.79 Å². The molecule has 0 aliphatic carbocycles. The minimum absolute atomic E-state index is 0. The normalized spacial score (nSPS) is 15.9. The van der Waals surface area contributed by atoms with E-state index in [1.807, 2.05) is 0 Å². The molecule has 1 saturated heterocycles. The van der Waals surface area contributed by atoms with Crippen LogP contribution in [0.4, 0.5) is 0 Å². The molecule has 0 atom stereocenters. The van der Waals surface area contributed by atoms with Gasteiger partial charge >= 0.3 is 5.97 Å². The Balaban J connectivity index is 0.00000121. The van der Waals surface area contributed by atoms with E-state index in [4.69, 9.17) is 0 Å². The van der Waals surface area contributed by atoms with Crippen LogP contribution in [0.2, 0.25) is 0 Å². The SMILES string of the molecule is CC(=O)ON1C(=O)CCC1=O.O. The summed E-state index contributed by atoms with van der Waals surface area (Å²) >= 11 is 0. The molecule has 1 heterocycles. The molecule has 1 aliphatic heterocycles. The van der Waals surface area contributed by atoms with Gasteiger partial charge in [0.05, 0.1) is 0 Å². The first-order valence-electron chi connectivity index (χ1n) is 3.15. The third-order valence-electron chi connectivity index (χ3n) is 1.23. The van der Waals surface area contributed by atoms with Crippen molar-refractivity contribution in [2.24, 2.45) is 0 Å². The van der Waals surface area contributed by atoms with Gasteiger partial charge in [-0.05, 0) is 0 Å². The van der Waals surface area contributed by atoms with Gasteiger partial charge in [-0.2, -0.15) is 0 Å². The Labute approximate surface area is 68.4 Å². The van der Waals surface area contributed by atoms with Crippen molar-refractivity contribution in [3.63, 3.8) is 0 Å². The average Bonchev–Trinajstić information content (AvgIpc) is 2.18. The lowest BCUT2D eigenvalue weighted by Gasteiger charge is -2.09. The van der Waals surface area contributed by atoms with Gasteiger partial charge in [0.1, 0.15) is 0 Å². The molecule has 0 radical (unpaired) electrons. The molecule has 0 unspecified atom stereocenters. The zero-order valence-electron chi connectivity index (χ0n) is 6.49. The predicted molar refractivity (Wildman–Crippen MR) is 36.5 cm³/mol. The largest absolute Gasteiger partial charge is 0.412 e. The van der Waals surface area contributed by atoms with E-state index in [-0.39, 0.29) is 18.3 Å². The summed E-state index contributed by atoms with van der Waals surface area (Å²) in [6, 6.07) is 0. The summed E-state index contributed by atoms with van der Waals surface area (Å²) in [5, 5.41) is 0.516. The Morgan fingerprint density at radius 1 is 1.33 bits per heavy atom. The van der Waals surface area contributed by atoms with Crippen molar-refractivity contribution in [3.05, 3.63) is 0 Å². The van der Waals surface area contributed by atoms with E-state index in [0.717, 1.165) is 6.92 Å². The van der Waals surface area contributed by atoms with Crippen molar-refractivity contribution in [3.8, 4) is 0 Å². The molecule has 1 aliphatic rings. The highest BCUT2D eigenvalue weighted by atomic mass is 16.7. The number of imide groups is 1. The summed E-state index contributed by atoms with van der Waals surface area (Å²) in [4.78, 5) is 36.1. The van der Waals surface area contributed by atoms with Gasteiger partial charge in [-0.15, -0.1) is 5.06 Å². The van der Waals surface area contributed by atoms with E-state index >= 15 is 0 Å². The second-order valence-electron chi connectivity index (χ2n) is 2.16. The molecule has 1 rings (SSSR count). The van der Waals surface area contributed by atoms with Gasteiger partial charge in [0.25, 0.3) is 11.8 Å². The van der Waals surface area contributed by atoms with E-state index in [9.17, 15) is 14.4 Å². The van der Waals surface area contributed by atoms with Crippen LogP contribution in [0.3, 0.4) is 0 Å². The molecule has 68 valence electrons. The van der Waals surface area contributed by atoms with Crippen molar-refractivity contribution in [2.45, 2.75) is 19.8 Å². The number of hydrogen-bond donors (Lipinski definition) is 0. The van der Waals surface area contributed by atoms with Crippen molar-refractivity contribution >= 4 is 17.8 Å². The highest BCUT2D eigenvalue weighted by Gasteiger charge is 2.31. The minimum atomic E-state index is -0.659. The summed E-state index contributed by atoms with van der Waals surface area (Å²) in [7, 11) is 0. The van der Waals surface area contributed by atoms with Crippen LogP contribution in [0.15, 0.2) is 0 Å². The van der Waals surface area contributed by atoms with Gasteiger partial charge in [-0.3, -0.25) is 9.59 Å². The number of nitrogens with zero attached hydrogens (tertiary/aromatic N) is 1. The number of carbonyl (C=O) groups is 3. The minimum Gasteiger partial charge on any atom is -0.412 e. The molecule has 0 bridgehead atoms. The molecule has 0 aromatic carbocycles. The maximum atomic E-state index is 10.7. The van der Waals surface area contributed by atoms with Crippen LogP contribution in [0, 0.1) is 0 Å². The topological polar surface area (TPSA) is 95.2 Å². The lowest BCUT2D eigenvalue weighted by atomic mass is 10.4. The molecule has 0 saturated carbocycles. The average molecular weight is 175 g/mol. The predicted octanol–water partition coefficient (Wildman–Crippen LogP) is -1.21. The molecule has 1 fully saturated rings. The Bertz CT molecular complexity index is 208. The summed E-state index contributed by atoms with van der Waals surface area (Å²) in [5.41, 5.74) is 0. The fourth-order valence-corrected chi connectivity index (χ4v) is 0.786. The zero-order valence-corrected chi connectivity index (χ0v) is 6.49. The lowest BCUT2D eigenvalue weighted by molar-refractivity contribution is -0.195. The fourth-order valence-electron chi connectivity index (χ4n) is 0.786. The van der Waals surface area contributed by atoms with Gasteiger partial charge in [0, 0.05) is 19.8 Å². The maximum absolute atomic E-state index is 10.7. The monoisotopic (exact) mass is 175 g/mol. The molecule has 6 heteroatoms. The van der Waals surface area contributed by atoms with E-state index in [2.05, 4.69) is 4.84 Å². The van der Waals surface area contributed by atoms with Crippen molar-refractivity contribution in [1.82, 2.24) is 5.06 Å². The van der Waals surface area contributed by atoms with Gasteiger partial charge in [-0.1, -0.05) is 0 Å². The lowest BCUT2D eigenvalue weighted by Crippen LogP contribution is -2.30. The van der Waals surface area contributed by atoms with Crippen molar-refractivity contribution in [2.75, 3.05) is 0 Å². The number of amides is 2. The first-order chi connectivity index (χ1) is 5.11. The molecule has 2 amide bonds. The second-order valence-corrected chi connectivity index (χ2v) is 2.16. The van der Waals surface area contributed by atoms with Crippen LogP contribution in [-0.2, 0) is 19.2 Å². The first-order valence-corrected chi connectivity index (χ1v) is 3.15. The van der Waals surface area contributed by atoms with Gasteiger partial charge in [0.2, 0.25) is 0 Å². The third kappa shape index (κ3) is 2.03. The van der Waals surface area contributed by atoms with Gasteiger partial charge < -0.3 is 10.3 Å². The number of hydroxylamine groups is 2. The summed E-state index contributed by atoms with van der Waals surface area (Å²) in [5.74, 6) is -1.57. The van der Waals surface area contributed by atoms with Crippen LogP contribution in [0.25, 0.3) is 0 Å². The Morgan fingerprint density at radius 2 is 1.75 bits per heavy atom. The molecule has 0 spiro atoms. The molecule has 0 aromatic rings. The number of carbonyl (C=O) groups excluding carboxylic acids is 3. The van der Waals surface area contributed by atoms with E-state index in [1.165, 1.54) is 0 Å². The van der Waals surface area contributed by atoms with Crippen LogP contribution in [-0.4, -0.2) is 28.3 Å². The van der Waals surface area contributed by atoms with Crippen LogP contribution in [0.5, 0.6) is 0 Å². The van der Waals surface area contributed by atoms with E-state index in [0.29, 0.717) is 5.06 Å². The molecular weight excluding hydrogens is 166 g/mol. The highest BCUT2D eigenvalue weighted by molar-refractivity contribution is 6.01. The zero-order chi connectivity index (χ0) is 8.43. The number of rotatable bonds is 1. The summed E-state index contributed by atoms with van der Waals surface area (Å²) in [6.07, 6.45) is 0.262. The summed E-state index contributed by atoms with van der Waals surface area (Å²) < 4.78 is 0. The van der Waals surface area contributed by atoms with E-state index in [1.54, 1.807) is 0 Å². The Kier molecular flexibility index (Phi) is 3.36. The molecular formula is C6H9NO5. The highest BCUT2D eigenvalue weighted by Crippen LogP contribution is 2.11. The third-order valence-corrected chi connectivity index (χ3v) is 1.23. The molecule has 6 nitrogen and oxygen atoms in total. The van der Waals surface area contributed by atoms with Crippen LogP contribution < -0.4 is 0 Å². The van der Waals surface area contributed by atoms with Crippen molar-refractivity contribution < 1.29 is 24.7 Å². The quantitative estimate of drug-likeness (QED) is 0.467. The smallest absolute Gasteiger partial charge is 0.330 e. The Hall–Kier alpha value is -1.43. The first kappa shape index (κ1) is 10.6. The van der Waals surface area contributed by atoms with Gasteiger partial charge in [0.15, 0.2) is 0 Å². The van der Waals surface area contributed by atoms with Crippen LogP contribution in [0.1, 0.15) is 19.8 Å². The molecule has 12 heavy (non-hydrogen) atoms. The van der Waals surface area contributed by atoms with Crippen LogP contribution >= 0.6 is 0 Å². The van der Waals surface area contributed by atoms with Crippen molar-refractivity contribution in [1.29, 1.82) is 0 Å². The standard InChI is InChI=1S/C6H7NO4.H2O/c1-4(8)11-7-5(9)2-3-6(7)10;/h2-3H2,1H3;1H2. The number of hydrogen-bond acceptors (Lipinski definition) is 4. The maximum Gasteiger partial charge on any atom is 0.330 e. The fraction of sp³-hybridized carbons (Fsp3) is 0.500. The second kappa shape index (κ2) is 3.82. The Morgan fingerprint density at radius 3 is 2.08 bits per heavy atom.